The van der Waals surface area contributed by atoms with Gasteiger partial charge in [0.15, 0.2) is 0 Å². The molecular formula is C30H28N2O5. The van der Waals surface area contributed by atoms with Crippen molar-refractivity contribution in [2.45, 2.75) is 31.7 Å². The van der Waals surface area contributed by atoms with Crippen molar-refractivity contribution in [2.24, 2.45) is 0 Å². The van der Waals surface area contributed by atoms with Gasteiger partial charge >= 0.3 is 0 Å². The molecule has 7 heteroatoms. The number of hydrogen-bond acceptors (Lipinski definition) is 6. The molecule has 3 aromatic carbocycles. The summed E-state index contributed by atoms with van der Waals surface area (Å²) in [5, 5.41) is 21.3. The van der Waals surface area contributed by atoms with E-state index in [0.717, 1.165) is 55.8 Å². The minimum Gasteiger partial charge on any atom is -0.508 e. The Morgan fingerprint density at radius 3 is 2.30 bits per heavy atom. The molecule has 188 valence electrons. The third kappa shape index (κ3) is 4.10. The van der Waals surface area contributed by atoms with E-state index in [1.54, 1.807) is 24.3 Å². The molecule has 6 rings (SSSR count). The number of anilines is 2. The van der Waals surface area contributed by atoms with Crippen molar-refractivity contribution < 1.29 is 24.5 Å². The lowest BCUT2D eigenvalue weighted by molar-refractivity contribution is -0.132. The van der Waals surface area contributed by atoms with E-state index >= 15 is 0 Å². The van der Waals surface area contributed by atoms with Crippen LogP contribution in [0, 0.1) is 0 Å². The van der Waals surface area contributed by atoms with Crippen LogP contribution < -0.4 is 14.5 Å². The number of amides is 1. The number of hydrogen-bond donors (Lipinski definition) is 2. The summed E-state index contributed by atoms with van der Waals surface area (Å²) >= 11 is 0. The molecule has 0 aliphatic carbocycles. The third-order valence-corrected chi connectivity index (χ3v) is 7.43. The number of aliphatic hydroxyl groups excluding tert-OH is 1. The molecule has 0 spiro atoms. The summed E-state index contributed by atoms with van der Waals surface area (Å²) in [5.74, 6) is -0.814. The fourth-order valence-electron chi connectivity index (χ4n) is 5.53. The predicted octanol–water partition coefficient (Wildman–Crippen LogP) is 4.94. The summed E-state index contributed by atoms with van der Waals surface area (Å²) < 4.78 is 5.69. The Morgan fingerprint density at radius 2 is 1.57 bits per heavy atom. The average Bonchev–Trinajstić information content (AvgIpc) is 3.56. The first-order valence-electron chi connectivity index (χ1n) is 12.7. The van der Waals surface area contributed by atoms with Gasteiger partial charge in [-0.15, -0.1) is 0 Å². The van der Waals surface area contributed by atoms with Crippen molar-refractivity contribution in [3.8, 4) is 11.5 Å². The number of carbonyl (C=O) groups excluding carboxylic acids is 2. The highest BCUT2D eigenvalue weighted by Gasteiger charge is 2.47. The maximum absolute atomic E-state index is 13.4. The molecule has 2 fully saturated rings. The number of ether oxygens (including phenoxy) is 1. The summed E-state index contributed by atoms with van der Waals surface area (Å²) in [4.78, 5) is 30.6. The second-order valence-corrected chi connectivity index (χ2v) is 9.75. The van der Waals surface area contributed by atoms with Crippen LogP contribution in [0.15, 0.2) is 72.3 Å². The van der Waals surface area contributed by atoms with Crippen LogP contribution in [0.4, 0.5) is 11.4 Å². The van der Waals surface area contributed by atoms with Crippen LogP contribution in [0.2, 0.25) is 0 Å². The number of fused-ring (bicyclic) bond motifs is 1. The second-order valence-electron chi connectivity index (χ2n) is 9.75. The van der Waals surface area contributed by atoms with Gasteiger partial charge in [-0.2, -0.15) is 0 Å². The van der Waals surface area contributed by atoms with E-state index in [1.807, 2.05) is 30.3 Å². The largest absolute Gasteiger partial charge is 0.508 e. The summed E-state index contributed by atoms with van der Waals surface area (Å²) in [5.41, 5.74) is 3.72. The molecule has 2 saturated heterocycles. The molecule has 2 N–H and O–H groups in total. The van der Waals surface area contributed by atoms with E-state index in [9.17, 15) is 19.8 Å². The second kappa shape index (κ2) is 9.32. The van der Waals surface area contributed by atoms with Crippen LogP contribution in [-0.4, -0.2) is 41.6 Å². The van der Waals surface area contributed by atoms with Crippen LogP contribution in [0.3, 0.4) is 0 Å². The Bertz CT molecular complexity index is 1390. The van der Waals surface area contributed by atoms with E-state index in [-0.39, 0.29) is 17.1 Å². The zero-order valence-electron chi connectivity index (χ0n) is 20.4. The minimum absolute atomic E-state index is 0.0241. The smallest absolute Gasteiger partial charge is 0.300 e. The Kier molecular flexibility index (Phi) is 5.83. The van der Waals surface area contributed by atoms with Crippen molar-refractivity contribution in [1.29, 1.82) is 0 Å². The van der Waals surface area contributed by atoms with Crippen LogP contribution in [0.5, 0.6) is 11.5 Å². The lowest BCUT2D eigenvalue weighted by atomic mass is 9.94. The Balaban J connectivity index is 1.45. The SMILES string of the molecule is O=C1C(=O)N(c2ccc(N3CCCC3)cc2)C(c2ccc(O)cc2)/C1=C(/O)c1ccc2c(c1)CCCO2. The topological polar surface area (TPSA) is 90.3 Å². The summed E-state index contributed by atoms with van der Waals surface area (Å²) in [7, 11) is 0. The highest BCUT2D eigenvalue weighted by Crippen LogP contribution is 2.43. The van der Waals surface area contributed by atoms with Crippen molar-refractivity contribution in [3.05, 3.63) is 89.0 Å². The minimum atomic E-state index is -0.842. The number of ketones is 1. The molecule has 37 heavy (non-hydrogen) atoms. The molecule has 3 aromatic rings. The zero-order chi connectivity index (χ0) is 25.5. The predicted molar refractivity (Wildman–Crippen MR) is 141 cm³/mol. The number of aryl methyl sites for hydroxylation is 1. The molecule has 1 amide bonds. The molecule has 0 radical (unpaired) electrons. The molecule has 3 heterocycles. The van der Waals surface area contributed by atoms with Gasteiger partial charge in [-0.25, -0.2) is 0 Å². The summed E-state index contributed by atoms with van der Waals surface area (Å²) in [6.07, 6.45) is 4.01. The molecular weight excluding hydrogens is 468 g/mol. The molecule has 0 aromatic heterocycles. The Hall–Kier alpha value is -4.26. The number of aliphatic hydroxyl groups is 1. The molecule has 1 atom stereocenters. The molecule has 0 saturated carbocycles. The van der Waals surface area contributed by atoms with Gasteiger partial charge in [-0.05, 0) is 91.4 Å². The van der Waals surface area contributed by atoms with E-state index in [1.165, 1.54) is 17.0 Å². The molecule has 0 bridgehead atoms. The number of benzene rings is 3. The quantitative estimate of drug-likeness (QED) is 0.302. The first-order valence-corrected chi connectivity index (χ1v) is 12.7. The first-order chi connectivity index (χ1) is 18.0. The van der Waals surface area contributed by atoms with Gasteiger partial charge in [0.05, 0.1) is 18.2 Å². The van der Waals surface area contributed by atoms with E-state index in [0.29, 0.717) is 23.4 Å². The third-order valence-electron chi connectivity index (χ3n) is 7.43. The van der Waals surface area contributed by atoms with Gasteiger partial charge in [0.2, 0.25) is 0 Å². The van der Waals surface area contributed by atoms with Crippen molar-refractivity contribution >= 4 is 28.8 Å². The highest BCUT2D eigenvalue weighted by atomic mass is 16.5. The van der Waals surface area contributed by atoms with Gasteiger partial charge in [-0.3, -0.25) is 14.5 Å². The van der Waals surface area contributed by atoms with Crippen LogP contribution >= 0.6 is 0 Å². The van der Waals surface area contributed by atoms with Crippen LogP contribution in [0.1, 0.15) is 42.0 Å². The number of rotatable bonds is 4. The summed E-state index contributed by atoms with van der Waals surface area (Å²) in [6.45, 7) is 2.66. The Morgan fingerprint density at radius 1 is 0.865 bits per heavy atom. The van der Waals surface area contributed by atoms with Gasteiger partial charge in [0.25, 0.3) is 11.7 Å². The number of nitrogens with zero attached hydrogens (tertiary/aromatic N) is 2. The van der Waals surface area contributed by atoms with Crippen LogP contribution in [-0.2, 0) is 16.0 Å². The van der Waals surface area contributed by atoms with E-state index in [2.05, 4.69) is 4.90 Å². The Labute approximate surface area is 215 Å². The van der Waals surface area contributed by atoms with Crippen molar-refractivity contribution in [3.63, 3.8) is 0 Å². The molecule has 7 nitrogen and oxygen atoms in total. The normalized spacial score (nSPS) is 20.7. The van der Waals surface area contributed by atoms with Crippen molar-refractivity contribution in [1.82, 2.24) is 0 Å². The maximum atomic E-state index is 13.4. The lowest BCUT2D eigenvalue weighted by Crippen LogP contribution is -2.29. The number of carbonyl (C=O) groups is 2. The van der Waals surface area contributed by atoms with E-state index < -0.39 is 17.7 Å². The van der Waals surface area contributed by atoms with Gasteiger partial charge in [0, 0.05) is 30.0 Å². The fourth-order valence-corrected chi connectivity index (χ4v) is 5.53. The lowest BCUT2D eigenvalue weighted by Gasteiger charge is -2.26. The number of phenols is 1. The summed E-state index contributed by atoms with van der Waals surface area (Å²) in [6, 6.07) is 18.5. The zero-order valence-corrected chi connectivity index (χ0v) is 20.4. The van der Waals surface area contributed by atoms with E-state index in [4.69, 9.17) is 4.74 Å². The average molecular weight is 497 g/mol. The molecule has 3 aliphatic rings. The van der Waals surface area contributed by atoms with Gasteiger partial charge in [0.1, 0.15) is 17.3 Å². The number of Topliss-reactive ketones (excluding diaryl/α,β-unsaturated/α-hetero) is 1. The molecule has 1 unspecified atom stereocenters. The standard InChI is InChI=1S/C30H28N2O5/c33-24-12-5-19(6-13-24)27-26(28(34)21-7-14-25-20(18-21)4-3-17-37-25)29(35)30(36)32(27)23-10-8-22(9-11-23)31-15-1-2-16-31/h5-14,18,27,33-34H,1-4,15-17H2/b28-26-. The fraction of sp³-hybridized carbons (Fsp3) is 0.267. The number of aromatic hydroxyl groups is 1. The van der Waals surface area contributed by atoms with Gasteiger partial charge in [-0.1, -0.05) is 12.1 Å². The van der Waals surface area contributed by atoms with Crippen LogP contribution in [0.25, 0.3) is 5.76 Å². The monoisotopic (exact) mass is 496 g/mol. The maximum Gasteiger partial charge on any atom is 0.300 e. The highest BCUT2D eigenvalue weighted by molar-refractivity contribution is 6.51. The molecule has 3 aliphatic heterocycles. The van der Waals surface area contributed by atoms with Crippen molar-refractivity contribution in [2.75, 3.05) is 29.5 Å². The van der Waals surface area contributed by atoms with Gasteiger partial charge < -0.3 is 19.8 Å². The first kappa shape index (κ1) is 23.2. The number of phenolic OH excluding ortho intramolecular Hbond substituents is 1.